The summed E-state index contributed by atoms with van der Waals surface area (Å²) in [5.41, 5.74) is 6.54. The van der Waals surface area contributed by atoms with E-state index in [2.05, 4.69) is 40.4 Å². The first-order chi connectivity index (χ1) is 13.7. The second-order valence-corrected chi connectivity index (χ2v) is 8.28. The predicted octanol–water partition coefficient (Wildman–Crippen LogP) is 4.55. The summed E-state index contributed by atoms with van der Waals surface area (Å²) in [5.74, 6) is -0.0437. The van der Waals surface area contributed by atoms with Gasteiger partial charge in [0.1, 0.15) is 0 Å². The van der Waals surface area contributed by atoms with Gasteiger partial charge < -0.3 is 15.2 Å². The highest BCUT2D eigenvalue weighted by atomic mass is 16.1. The van der Waals surface area contributed by atoms with Gasteiger partial charge in [-0.25, -0.2) is 0 Å². The molecule has 1 fully saturated rings. The van der Waals surface area contributed by atoms with Crippen LogP contribution in [0.1, 0.15) is 46.4 Å². The van der Waals surface area contributed by atoms with Crippen molar-refractivity contribution in [3.05, 3.63) is 64.8 Å². The van der Waals surface area contributed by atoms with Gasteiger partial charge in [0, 0.05) is 29.4 Å². The monoisotopic (exact) mass is 373 g/mol. The number of rotatable bonds is 6. The number of nitrogens with zero attached hydrogens (tertiary/aromatic N) is 1. The normalized spacial score (nSPS) is 15.9. The van der Waals surface area contributed by atoms with Gasteiger partial charge in [0.2, 0.25) is 0 Å². The first-order valence-electron chi connectivity index (χ1n) is 10.4. The number of carbonyl (C=O) groups is 1. The molecular weight excluding hydrogens is 346 g/mol. The second-order valence-electron chi connectivity index (χ2n) is 8.28. The van der Waals surface area contributed by atoms with E-state index < -0.39 is 0 Å². The summed E-state index contributed by atoms with van der Waals surface area (Å²) < 4.78 is 0. The average Bonchev–Trinajstić information content (AvgIpc) is 3.35. The smallest absolute Gasteiger partial charge is 0.257 e. The van der Waals surface area contributed by atoms with Gasteiger partial charge in [-0.15, -0.1) is 0 Å². The zero-order chi connectivity index (χ0) is 19.1. The van der Waals surface area contributed by atoms with E-state index >= 15 is 0 Å². The Labute approximate surface area is 165 Å². The number of para-hydroxylation sites is 1. The zero-order valence-electron chi connectivity index (χ0n) is 16.4. The number of fused-ring (bicyclic) bond motifs is 3. The highest BCUT2D eigenvalue weighted by molar-refractivity contribution is 6.12. The molecule has 0 radical (unpaired) electrons. The van der Waals surface area contributed by atoms with Gasteiger partial charge >= 0.3 is 0 Å². The number of aromatic amines is 1. The van der Waals surface area contributed by atoms with Crippen molar-refractivity contribution in [2.24, 2.45) is 0 Å². The summed E-state index contributed by atoms with van der Waals surface area (Å²) in [4.78, 5) is 18.9. The average molecular weight is 374 g/mol. The van der Waals surface area contributed by atoms with Crippen LogP contribution in [0.2, 0.25) is 0 Å². The lowest BCUT2D eigenvalue weighted by Crippen LogP contribution is -2.23. The Hall–Kier alpha value is -2.59. The van der Waals surface area contributed by atoms with Crippen LogP contribution in [0.4, 0.5) is 5.69 Å². The largest absolute Gasteiger partial charge is 0.358 e. The minimum absolute atomic E-state index is 0.0437. The van der Waals surface area contributed by atoms with E-state index in [4.69, 9.17) is 0 Å². The number of nitrogens with one attached hydrogen (secondary N) is 2. The summed E-state index contributed by atoms with van der Waals surface area (Å²) in [7, 11) is 2.21. The zero-order valence-corrected chi connectivity index (χ0v) is 16.4. The van der Waals surface area contributed by atoms with Crippen LogP contribution < -0.4 is 5.32 Å². The Morgan fingerprint density at radius 1 is 1.18 bits per heavy atom. The predicted molar refractivity (Wildman–Crippen MR) is 114 cm³/mol. The molecule has 2 aromatic carbocycles. The summed E-state index contributed by atoms with van der Waals surface area (Å²) in [5, 5.41) is 4.31. The van der Waals surface area contributed by atoms with Gasteiger partial charge in [0.15, 0.2) is 0 Å². The minimum Gasteiger partial charge on any atom is -0.358 e. The van der Waals surface area contributed by atoms with Crippen molar-refractivity contribution in [1.29, 1.82) is 0 Å². The topological polar surface area (TPSA) is 48.1 Å². The molecule has 1 saturated carbocycles. The number of hydrogen-bond donors (Lipinski definition) is 2. The van der Waals surface area contributed by atoms with Crippen molar-refractivity contribution in [2.75, 3.05) is 18.9 Å². The van der Waals surface area contributed by atoms with Crippen LogP contribution in [0.25, 0.3) is 10.9 Å². The molecule has 0 bridgehead atoms. The Morgan fingerprint density at radius 3 is 2.89 bits per heavy atom. The molecule has 2 aliphatic rings. The van der Waals surface area contributed by atoms with Crippen LogP contribution in [0, 0.1) is 0 Å². The number of amides is 1. The van der Waals surface area contributed by atoms with Crippen LogP contribution in [-0.4, -0.2) is 35.4 Å². The van der Waals surface area contributed by atoms with Crippen LogP contribution in [0.5, 0.6) is 0 Å². The molecule has 1 heterocycles. The molecule has 0 unspecified atom stereocenters. The maximum Gasteiger partial charge on any atom is 0.257 e. The van der Waals surface area contributed by atoms with Crippen molar-refractivity contribution in [2.45, 2.75) is 44.6 Å². The Balaban J connectivity index is 1.33. The molecule has 2 aliphatic carbocycles. The highest BCUT2D eigenvalue weighted by Gasteiger charge is 2.25. The second kappa shape index (κ2) is 7.10. The van der Waals surface area contributed by atoms with E-state index in [-0.39, 0.29) is 5.91 Å². The number of benzene rings is 2. The highest BCUT2D eigenvalue weighted by Crippen LogP contribution is 2.32. The van der Waals surface area contributed by atoms with Crippen LogP contribution >= 0.6 is 0 Å². The Kier molecular flexibility index (Phi) is 4.44. The van der Waals surface area contributed by atoms with Gasteiger partial charge in [-0.05, 0) is 74.9 Å². The summed E-state index contributed by atoms with van der Waals surface area (Å²) in [6.45, 7) is 1.06. The molecule has 0 saturated heterocycles. The van der Waals surface area contributed by atoms with Crippen LogP contribution in [-0.2, 0) is 19.3 Å². The lowest BCUT2D eigenvalue weighted by atomic mass is 10.1. The van der Waals surface area contributed by atoms with Gasteiger partial charge in [0.05, 0.1) is 11.1 Å². The third-order valence-electron chi connectivity index (χ3n) is 6.24. The molecule has 28 heavy (non-hydrogen) atoms. The van der Waals surface area contributed by atoms with E-state index in [0.29, 0.717) is 0 Å². The van der Waals surface area contributed by atoms with E-state index in [0.717, 1.165) is 48.6 Å². The first-order valence-corrected chi connectivity index (χ1v) is 10.4. The van der Waals surface area contributed by atoms with Gasteiger partial charge in [0.25, 0.3) is 5.91 Å². The molecule has 4 nitrogen and oxygen atoms in total. The summed E-state index contributed by atoms with van der Waals surface area (Å²) in [6.07, 6.45) is 7.08. The number of hydrogen-bond acceptors (Lipinski definition) is 2. The van der Waals surface area contributed by atoms with Crippen LogP contribution in [0.3, 0.4) is 0 Å². The van der Waals surface area contributed by atoms with Gasteiger partial charge in [-0.3, -0.25) is 4.79 Å². The maximum atomic E-state index is 13.0. The standard InChI is InChI=1S/C24H27N3O/c1-27(18-11-12-18)14-13-16-5-2-6-17(15-16)25-24(28)21-9-3-8-20-19-7-4-10-22(19)26-23(20)21/h2-3,5-6,8-9,15,18,26H,4,7,10-14H2,1H3,(H,25,28). The molecule has 5 rings (SSSR count). The fraction of sp³-hybridized carbons (Fsp3) is 0.375. The molecule has 1 aromatic heterocycles. The molecule has 1 amide bonds. The third-order valence-corrected chi connectivity index (χ3v) is 6.24. The number of aromatic nitrogens is 1. The fourth-order valence-corrected chi connectivity index (χ4v) is 4.46. The Morgan fingerprint density at radius 2 is 2.04 bits per heavy atom. The molecule has 0 aliphatic heterocycles. The van der Waals surface area contributed by atoms with Crippen molar-refractivity contribution in [3.63, 3.8) is 0 Å². The summed E-state index contributed by atoms with van der Waals surface area (Å²) >= 11 is 0. The van der Waals surface area contributed by atoms with Crippen LogP contribution in [0.15, 0.2) is 42.5 Å². The number of anilines is 1. The van der Waals surface area contributed by atoms with E-state index in [9.17, 15) is 4.79 Å². The minimum atomic E-state index is -0.0437. The fourth-order valence-electron chi connectivity index (χ4n) is 4.46. The van der Waals surface area contributed by atoms with Crippen molar-refractivity contribution in [3.8, 4) is 0 Å². The summed E-state index contributed by atoms with van der Waals surface area (Å²) in [6, 6.07) is 15.1. The number of carbonyl (C=O) groups excluding carboxylic acids is 1. The van der Waals surface area contributed by atoms with Crippen molar-refractivity contribution >= 4 is 22.5 Å². The molecular formula is C24H27N3O. The van der Waals surface area contributed by atoms with Crippen molar-refractivity contribution in [1.82, 2.24) is 9.88 Å². The van der Waals surface area contributed by atoms with E-state index in [1.54, 1.807) is 0 Å². The SMILES string of the molecule is CN(CCc1cccc(NC(=O)c2cccc3c4c([nH]c23)CCC4)c1)C1CC1. The van der Waals surface area contributed by atoms with Crippen molar-refractivity contribution < 1.29 is 4.79 Å². The van der Waals surface area contributed by atoms with E-state index in [1.807, 2.05) is 24.3 Å². The molecule has 4 heteroatoms. The molecule has 2 N–H and O–H groups in total. The van der Waals surface area contributed by atoms with Gasteiger partial charge in [-0.2, -0.15) is 0 Å². The number of aryl methyl sites for hydroxylation is 2. The molecule has 3 aromatic rings. The Bertz CT molecular complexity index is 1030. The number of likely N-dealkylation sites (N-methyl/N-ethyl adjacent to an activating group) is 1. The maximum absolute atomic E-state index is 13.0. The lowest BCUT2D eigenvalue weighted by molar-refractivity contribution is 0.102. The molecule has 0 spiro atoms. The molecule has 144 valence electrons. The first kappa shape index (κ1) is 17.5. The quantitative estimate of drug-likeness (QED) is 0.666. The van der Waals surface area contributed by atoms with E-state index in [1.165, 1.54) is 41.5 Å². The lowest BCUT2D eigenvalue weighted by Gasteiger charge is -2.15. The molecule has 0 atom stereocenters. The number of H-pyrrole nitrogens is 1. The van der Waals surface area contributed by atoms with Gasteiger partial charge in [-0.1, -0.05) is 24.3 Å². The third kappa shape index (κ3) is 3.33.